The summed E-state index contributed by atoms with van der Waals surface area (Å²) in [6.07, 6.45) is 5.77. The van der Waals surface area contributed by atoms with Gasteiger partial charge in [0.1, 0.15) is 0 Å². The van der Waals surface area contributed by atoms with Gasteiger partial charge in [0.15, 0.2) is 6.29 Å². The number of likely N-dealkylation sites (N-methyl/N-ethyl adjacent to an activating group) is 1. The average Bonchev–Trinajstić information content (AvgIpc) is 3.17. The van der Waals surface area contributed by atoms with Crippen molar-refractivity contribution >= 4 is 0 Å². The Kier molecular flexibility index (Phi) is 4.01. The Labute approximate surface area is 137 Å². The molecule has 1 aromatic rings. The van der Waals surface area contributed by atoms with Crippen LogP contribution < -0.4 is 0 Å². The number of ether oxygens (including phenoxy) is 1. The molecule has 4 rings (SSSR count). The van der Waals surface area contributed by atoms with E-state index in [0.717, 1.165) is 19.4 Å². The maximum Gasteiger partial charge on any atom is 0.155 e. The SMILES string of the molecule is CN1CC2OC(O)CC2C1/C=C/C(O)C1Cc2ccccc2C1. The minimum absolute atomic E-state index is 0.123. The summed E-state index contributed by atoms with van der Waals surface area (Å²) in [6.45, 7) is 0.849. The fraction of sp³-hybridized carbons (Fsp3) is 0.579. The third kappa shape index (κ3) is 2.85. The first-order valence-electron chi connectivity index (χ1n) is 8.59. The number of hydrogen-bond acceptors (Lipinski definition) is 4. The summed E-state index contributed by atoms with van der Waals surface area (Å²) < 4.78 is 5.55. The van der Waals surface area contributed by atoms with Gasteiger partial charge in [-0.1, -0.05) is 36.4 Å². The molecule has 2 saturated heterocycles. The zero-order valence-corrected chi connectivity index (χ0v) is 13.5. The highest BCUT2D eigenvalue weighted by Crippen LogP contribution is 2.37. The minimum atomic E-state index is -0.621. The second-order valence-electron chi connectivity index (χ2n) is 7.27. The van der Waals surface area contributed by atoms with Crippen LogP contribution in [0.4, 0.5) is 0 Å². The van der Waals surface area contributed by atoms with Crippen molar-refractivity contribution in [3.05, 3.63) is 47.5 Å². The van der Waals surface area contributed by atoms with Crippen molar-refractivity contribution < 1.29 is 14.9 Å². The Morgan fingerprint density at radius 2 is 1.96 bits per heavy atom. The highest BCUT2D eigenvalue weighted by molar-refractivity contribution is 5.33. The highest BCUT2D eigenvalue weighted by Gasteiger charge is 2.45. The Morgan fingerprint density at radius 3 is 2.65 bits per heavy atom. The Hall–Kier alpha value is -1.20. The number of nitrogens with zero attached hydrogens (tertiary/aromatic N) is 1. The first-order chi connectivity index (χ1) is 11.1. The molecule has 5 atom stereocenters. The number of rotatable bonds is 3. The van der Waals surface area contributed by atoms with E-state index in [2.05, 4.69) is 42.3 Å². The van der Waals surface area contributed by atoms with Gasteiger partial charge < -0.3 is 14.9 Å². The fourth-order valence-corrected chi connectivity index (χ4v) is 4.52. The van der Waals surface area contributed by atoms with Crippen LogP contribution in [0, 0.1) is 11.8 Å². The summed E-state index contributed by atoms with van der Waals surface area (Å²) in [4.78, 5) is 2.26. The number of aliphatic hydroxyl groups excluding tert-OH is 2. The van der Waals surface area contributed by atoms with Crippen LogP contribution in [0.3, 0.4) is 0 Å². The lowest BCUT2D eigenvalue weighted by Gasteiger charge is -2.21. The maximum absolute atomic E-state index is 10.6. The fourth-order valence-electron chi connectivity index (χ4n) is 4.52. The molecule has 4 heteroatoms. The zero-order chi connectivity index (χ0) is 16.0. The molecule has 1 aliphatic carbocycles. The van der Waals surface area contributed by atoms with Gasteiger partial charge in [0.25, 0.3) is 0 Å². The smallest absolute Gasteiger partial charge is 0.155 e. The minimum Gasteiger partial charge on any atom is -0.389 e. The maximum atomic E-state index is 10.6. The predicted octanol–water partition coefficient (Wildman–Crippen LogP) is 1.36. The van der Waals surface area contributed by atoms with Crippen LogP contribution in [0.1, 0.15) is 17.5 Å². The van der Waals surface area contributed by atoms with Gasteiger partial charge in [-0.3, -0.25) is 4.90 Å². The molecular weight excluding hydrogens is 290 g/mol. The third-order valence-electron chi connectivity index (χ3n) is 5.77. The zero-order valence-electron chi connectivity index (χ0n) is 13.5. The van der Waals surface area contributed by atoms with Crippen molar-refractivity contribution in [2.75, 3.05) is 13.6 Å². The number of hydrogen-bond donors (Lipinski definition) is 2. The Morgan fingerprint density at radius 1 is 1.26 bits per heavy atom. The van der Waals surface area contributed by atoms with Crippen LogP contribution in [-0.4, -0.2) is 53.2 Å². The van der Waals surface area contributed by atoms with E-state index in [1.54, 1.807) is 0 Å². The van der Waals surface area contributed by atoms with Gasteiger partial charge in [0.05, 0.1) is 12.2 Å². The monoisotopic (exact) mass is 315 g/mol. The molecule has 2 aliphatic heterocycles. The lowest BCUT2D eigenvalue weighted by Crippen LogP contribution is -2.29. The van der Waals surface area contributed by atoms with Crippen molar-refractivity contribution in [1.82, 2.24) is 4.90 Å². The average molecular weight is 315 g/mol. The molecule has 4 nitrogen and oxygen atoms in total. The van der Waals surface area contributed by atoms with Crippen molar-refractivity contribution in [3.63, 3.8) is 0 Å². The quantitative estimate of drug-likeness (QED) is 0.827. The third-order valence-corrected chi connectivity index (χ3v) is 5.77. The second kappa shape index (κ2) is 6.02. The number of likely N-dealkylation sites (tertiary alicyclic amines) is 1. The molecule has 23 heavy (non-hydrogen) atoms. The normalized spacial score (nSPS) is 35.8. The standard InChI is InChI=1S/C19H25NO3/c1-20-11-18-15(10-19(22)23-18)16(20)6-7-17(21)14-8-12-4-2-3-5-13(12)9-14/h2-7,14-19,21-22H,8-11H2,1H3/b7-6+. The van der Waals surface area contributed by atoms with Gasteiger partial charge in [-0.2, -0.15) is 0 Å². The Bertz CT molecular complexity index is 577. The van der Waals surface area contributed by atoms with E-state index < -0.39 is 12.4 Å². The highest BCUT2D eigenvalue weighted by atomic mass is 16.6. The first-order valence-corrected chi connectivity index (χ1v) is 8.59. The predicted molar refractivity (Wildman–Crippen MR) is 87.9 cm³/mol. The van der Waals surface area contributed by atoms with Crippen LogP contribution in [-0.2, 0) is 17.6 Å². The van der Waals surface area contributed by atoms with Crippen molar-refractivity contribution in [1.29, 1.82) is 0 Å². The molecule has 124 valence electrons. The summed E-state index contributed by atoms with van der Waals surface area (Å²) in [5.74, 6) is 0.607. The molecule has 1 aromatic carbocycles. The van der Waals surface area contributed by atoms with E-state index in [0.29, 0.717) is 12.3 Å². The summed E-state index contributed by atoms with van der Waals surface area (Å²) in [5, 5.41) is 20.2. The molecular formula is C19H25NO3. The topological polar surface area (TPSA) is 52.9 Å². The molecule has 0 spiro atoms. The molecule has 0 aromatic heterocycles. The van der Waals surface area contributed by atoms with Crippen molar-refractivity contribution in [2.24, 2.45) is 11.8 Å². The number of fused-ring (bicyclic) bond motifs is 2. The van der Waals surface area contributed by atoms with Gasteiger partial charge >= 0.3 is 0 Å². The van der Waals surface area contributed by atoms with E-state index in [1.165, 1.54) is 11.1 Å². The molecule has 5 unspecified atom stereocenters. The Balaban J connectivity index is 1.41. The van der Waals surface area contributed by atoms with Crippen LogP contribution >= 0.6 is 0 Å². The molecule has 2 heterocycles. The summed E-state index contributed by atoms with van der Waals surface area (Å²) >= 11 is 0. The molecule has 0 bridgehead atoms. The first kappa shape index (κ1) is 15.3. The van der Waals surface area contributed by atoms with Crippen LogP contribution in [0.25, 0.3) is 0 Å². The van der Waals surface area contributed by atoms with Gasteiger partial charge in [-0.25, -0.2) is 0 Å². The van der Waals surface area contributed by atoms with Crippen molar-refractivity contribution in [2.45, 2.75) is 43.8 Å². The number of aliphatic hydroxyl groups is 2. The molecule has 0 radical (unpaired) electrons. The van der Waals surface area contributed by atoms with Crippen LogP contribution in [0.15, 0.2) is 36.4 Å². The molecule has 2 N–H and O–H groups in total. The van der Waals surface area contributed by atoms with Crippen molar-refractivity contribution in [3.8, 4) is 0 Å². The van der Waals surface area contributed by atoms with Crippen LogP contribution in [0.2, 0.25) is 0 Å². The lowest BCUT2D eigenvalue weighted by molar-refractivity contribution is -0.0913. The summed E-state index contributed by atoms with van der Waals surface area (Å²) in [6, 6.07) is 8.72. The largest absolute Gasteiger partial charge is 0.389 e. The van der Waals surface area contributed by atoms with E-state index in [4.69, 9.17) is 4.74 Å². The molecule has 0 saturated carbocycles. The molecule has 2 fully saturated rings. The number of benzene rings is 1. The van der Waals surface area contributed by atoms with Gasteiger partial charge in [-0.15, -0.1) is 0 Å². The van der Waals surface area contributed by atoms with E-state index in [9.17, 15) is 10.2 Å². The van der Waals surface area contributed by atoms with Crippen LogP contribution in [0.5, 0.6) is 0 Å². The summed E-state index contributed by atoms with van der Waals surface area (Å²) in [5.41, 5.74) is 2.74. The molecule has 0 amide bonds. The summed E-state index contributed by atoms with van der Waals surface area (Å²) in [7, 11) is 2.08. The molecule has 3 aliphatic rings. The van der Waals surface area contributed by atoms with Gasteiger partial charge in [0, 0.05) is 24.9 Å². The van der Waals surface area contributed by atoms with E-state index >= 15 is 0 Å². The lowest BCUT2D eigenvalue weighted by atomic mass is 9.93. The van der Waals surface area contributed by atoms with E-state index in [1.807, 2.05) is 6.08 Å². The van der Waals surface area contributed by atoms with Gasteiger partial charge in [-0.05, 0) is 36.9 Å². The van der Waals surface area contributed by atoms with E-state index in [-0.39, 0.29) is 18.1 Å². The van der Waals surface area contributed by atoms with Gasteiger partial charge in [0.2, 0.25) is 0 Å². The second-order valence-corrected chi connectivity index (χ2v) is 7.27.